The van der Waals surface area contributed by atoms with E-state index in [-0.39, 0.29) is 18.1 Å². The maximum atomic E-state index is 12.4. The molecule has 0 aromatic rings. The summed E-state index contributed by atoms with van der Waals surface area (Å²) in [6.45, 7) is 8.46. The molecule has 0 aromatic carbocycles. The Balaban J connectivity index is 2.14. The Morgan fingerprint density at radius 1 is 1.32 bits per heavy atom. The summed E-state index contributed by atoms with van der Waals surface area (Å²) in [5.41, 5.74) is 0.494. The van der Waals surface area contributed by atoms with Crippen LogP contribution in [-0.4, -0.2) is 41.8 Å². The number of likely N-dealkylation sites (tertiary alicyclic amines) is 1. The van der Waals surface area contributed by atoms with Crippen molar-refractivity contribution in [2.75, 3.05) is 13.2 Å². The van der Waals surface area contributed by atoms with Crippen molar-refractivity contribution < 1.29 is 19.1 Å². The van der Waals surface area contributed by atoms with Gasteiger partial charge in [-0.1, -0.05) is 0 Å². The first-order valence-corrected chi connectivity index (χ1v) is 8.17. The van der Waals surface area contributed by atoms with E-state index in [0.717, 1.165) is 31.3 Å². The molecule has 0 aromatic heterocycles. The largest absolute Gasteiger partial charge is 0.463 e. The van der Waals surface area contributed by atoms with Gasteiger partial charge in [0.15, 0.2) is 0 Å². The Kier molecular flexibility index (Phi) is 5.14. The number of carbonyl (C=O) groups is 2. The lowest BCUT2D eigenvalue weighted by Crippen LogP contribution is -2.50. The van der Waals surface area contributed by atoms with Crippen LogP contribution in [0.25, 0.3) is 0 Å². The van der Waals surface area contributed by atoms with Gasteiger partial charge in [-0.2, -0.15) is 0 Å². The van der Waals surface area contributed by atoms with Crippen molar-refractivity contribution in [1.82, 2.24) is 4.90 Å². The average molecular weight is 309 g/mol. The minimum atomic E-state index is -0.506. The Hall–Kier alpha value is -1.52. The Bertz CT molecular complexity index is 464. The first-order valence-electron chi connectivity index (χ1n) is 8.17. The normalized spacial score (nSPS) is 26.7. The van der Waals surface area contributed by atoms with E-state index in [1.54, 1.807) is 17.9 Å². The maximum Gasteiger partial charge on any atom is 0.410 e. The van der Waals surface area contributed by atoms with Gasteiger partial charge < -0.3 is 14.4 Å². The monoisotopic (exact) mass is 309 g/mol. The molecule has 0 N–H and O–H groups in total. The highest BCUT2D eigenvalue weighted by Crippen LogP contribution is 2.38. The summed E-state index contributed by atoms with van der Waals surface area (Å²) in [4.78, 5) is 26.0. The van der Waals surface area contributed by atoms with Gasteiger partial charge in [-0.05, 0) is 64.9 Å². The molecule has 2 rings (SSSR count). The molecule has 5 heteroatoms. The number of fused-ring (bicyclic) bond motifs is 2. The molecular formula is C17H27NO4. The number of ether oxygens (including phenoxy) is 2. The van der Waals surface area contributed by atoms with Gasteiger partial charge in [-0.15, -0.1) is 0 Å². The fraction of sp³-hybridized carbons (Fsp3) is 0.765. The maximum absolute atomic E-state index is 12.4. The molecule has 2 aliphatic rings. The molecule has 1 aliphatic heterocycles. The lowest BCUT2D eigenvalue weighted by molar-refractivity contribution is -0.137. The van der Waals surface area contributed by atoms with E-state index in [0.29, 0.717) is 19.1 Å². The van der Waals surface area contributed by atoms with Crippen molar-refractivity contribution in [3.63, 3.8) is 0 Å². The zero-order chi connectivity index (χ0) is 16.3. The number of carbonyl (C=O) groups excluding carboxylic acids is 2. The van der Waals surface area contributed by atoms with Gasteiger partial charge in [-0.25, -0.2) is 9.59 Å². The van der Waals surface area contributed by atoms with Crippen LogP contribution >= 0.6 is 0 Å². The quantitative estimate of drug-likeness (QED) is 0.580. The summed E-state index contributed by atoms with van der Waals surface area (Å²) in [6, 6.07) is -0.0215. The summed E-state index contributed by atoms with van der Waals surface area (Å²) < 4.78 is 10.5. The molecule has 1 amide bonds. The van der Waals surface area contributed by atoms with Gasteiger partial charge in [0.05, 0.1) is 12.6 Å². The standard InChI is InChI=1S/C17H27NO4/c1-5-21-15(19)11-13-7-6-12-8-9-18(14(13)10-12)16(20)22-17(2,3)4/h11-12,14H,5-10H2,1-4H3/b13-11-. The highest BCUT2D eigenvalue weighted by molar-refractivity contribution is 5.83. The Morgan fingerprint density at radius 2 is 2.05 bits per heavy atom. The molecule has 2 fully saturated rings. The van der Waals surface area contributed by atoms with Crippen LogP contribution < -0.4 is 0 Å². The molecule has 2 atom stereocenters. The minimum Gasteiger partial charge on any atom is -0.463 e. The molecule has 1 saturated heterocycles. The van der Waals surface area contributed by atoms with Crippen LogP contribution in [0.1, 0.15) is 53.4 Å². The fourth-order valence-electron chi connectivity index (χ4n) is 3.23. The molecular weight excluding hydrogens is 282 g/mol. The minimum absolute atomic E-state index is 0.0215. The van der Waals surface area contributed by atoms with Crippen molar-refractivity contribution in [1.29, 1.82) is 0 Å². The number of amides is 1. The number of hydrogen-bond donors (Lipinski definition) is 0. The second-order valence-corrected chi connectivity index (χ2v) is 7.09. The third-order valence-corrected chi connectivity index (χ3v) is 4.20. The summed E-state index contributed by atoms with van der Waals surface area (Å²) in [6.07, 6.45) is 5.17. The molecule has 124 valence electrons. The van der Waals surface area contributed by atoms with Gasteiger partial charge in [0.25, 0.3) is 0 Å². The Labute approximate surface area is 132 Å². The van der Waals surface area contributed by atoms with Gasteiger partial charge in [0, 0.05) is 12.6 Å². The predicted molar refractivity (Wildman–Crippen MR) is 83.4 cm³/mol. The van der Waals surface area contributed by atoms with Crippen LogP contribution in [0.15, 0.2) is 11.6 Å². The molecule has 2 bridgehead atoms. The highest BCUT2D eigenvalue weighted by Gasteiger charge is 2.39. The van der Waals surface area contributed by atoms with Gasteiger partial charge in [0.2, 0.25) is 0 Å². The number of piperidine rings is 1. The predicted octanol–water partition coefficient (Wildman–Crippen LogP) is 3.29. The number of hydrogen-bond acceptors (Lipinski definition) is 4. The molecule has 0 radical (unpaired) electrons. The molecule has 1 saturated carbocycles. The summed E-state index contributed by atoms with van der Waals surface area (Å²) in [5.74, 6) is 0.327. The average Bonchev–Trinajstić information content (AvgIpc) is 2.40. The highest BCUT2D eigenvalue weighted by atomic mass is 16.6. The van der Waals surface area contributed by atoms with E-state index in [4.69, 9.17) is 9.47 Å². The number of rotatable bonds is 2. The van der Waals surface area contributed by atoms with Crippen molar-refractivity contribution in [2.24, 2.45) is 5.92 Å². The van der Waals surface area contributed by atoms with Crippen LogP contribution in [0.2, 0.25) is 0 Å². The zero-order valence-corrected chi connectivity index (χ0v) is 14.1. The smallest absolute Gasteiger partial charge is 0.410 e. The lowest BCUT2D eigenvalue weighted by Gasteiger charge is -2.44. The molecule has 2 unspecified atom stereocenters. The fourth-order valence-corrected chi connectivity index (χ4v) is 3.23. The van der Waals surface area contributed by atoms with E-state index < -0.39 is 5.60 Å². The Morgan fingerprint density at radius 3 is 2.68 bits per heavy atom. The first kappa shape index (κ1) is 16.8. The SMILES string of the molecule is CCOC(=O)/C=C1/CCC2CCN(C(=O)OC(C)(C)C)C1C2. The van der Waals surface area contributed by atoms with E-state index in [9.17, 15) is 9.59 Å². The van der Waals surface area contributed by atoms with Gasteiger partial charge in [0.1, 0.15) is 5.60 Å². The van der Waals surface area contributed by atoms with Crippen LogP contribution in [0.4, 0.5) is 4.79 Å². The van der Waals surface area contributed by atoms with Crippen LogP contribution in [-0.2, 0) is 14.3 Å². The van der Waals surface area contributed by atoms with E-state index in [2.05, 4.69) is 0 Å². The second kappa shape index (κ2) is 6.71. The third kappa shape index (κ3) is 4.24. The third-order valence-electron chi connectivity index (χ3n) is 4.20. The second-order valence-electron chi connectivity index (χ2n) is 7.09. The molecule has 5 nitrogen and oxygen atoms in total. The summed E-state index contributed by atoms with van der Waals surface area (Å²) in [5, 5.41) is 0. The van der Waals surface area contributed by atoms with Crippen molar-refractivity contribution >= 4 is 12.1 Å². The summed E-state index contributed by atoms with van der Waals surface area (Å²) >= 11 is 0. The van der Waals surface area contributed by atoms with E-state index >= 15 is 0 Å². The van der Waals surface area contributed by atoms with Crippen LogP contribution in [0, 0.1) is 5.92 Å². The zero-order valence-electron chi connectivity index (χ0n) is 14.1. The number of nitrogens with zero attached hydrogens (tertiary/aromatic N) is 1. The number of esters is 1. The topological polar surface area (TPSA) is 55.8 Å². The first-order chi connectivity index (χ1) is 10.3. The molecule has 1 heterocycles. The van der Waals surface area contributed by atoms with Gasteiger partial charge in [-0.3, -0.25) is 0 Å². The van der Waals surface area contributed by atoms with Crippen molar-refractivity contribution in [3.05, 3.63) is 11.6 Å². The van der Waals surface area contributed by atoms with Crippen molar-refractivity contribution in [3.8, 4) is 0 Å². The molecule has 1 aliphatic carbocycles. The lowest BCUT2D eigenvalue weighted by atomic mass is 9.77. The molecule has 22 heavy (non-hydrogen) atoms. The van der Waals surface area contributed by atoms with Crippen molar-refractivity contribution in [2.45, 2.75) is 65.0 Å². The van der Waals surface area contributed by atoms with Gasteiger partial charge >= 0.3 is 12.1 Å². The van der Waals surface area contributed by atoms with E-state index in [1.165, 1.54) is 0 Å². The van der Waals surface area contributed by atoms with Crippen LogP contribution in [0.5, 0.6) is 0 Å². The molecule has 0 spiro atoms. The summed E-state index contributed by atoms with van der Waals surface area (Å²) in [7, 11) is 0. The van der Waals surface area contributed by atoms with Crippen LogP contribution in [0.3, 0.4) is 0 Å². The van der Waals surface area contributed by atoms with E-state index in [1.807, 2.05) is 20.8 Å².